The number of nitriles is 2. The Bertz CT molecular complexity index is 1400. The molecule has 8 heteroatoms. The summed E-state index contributed by atoms with van der Waals surface area (Å²) in [5.74, 6) is -0.0324. The van der Waals surface area contributed by atoms with Gasteiger partial charge in [0.05, 0.1) is 31.8 Å². The van der Waals surface area contributed by atoms with Crippen LogP contribution in [0.1, 0.15) is 22.3 Å². The van der Waals surface area contributed by atoms with Crippen LogP contribution < -0.4 is 10.1 Å². The number of nitrogens with one attached hydrogen (secondary N) is 1. The van der Waals surface area contributed by atoms with Crippen molar-refractivity contribution in [2.75, 3.05) is 5.32 Å². The van der Waals surface area contributed by atoms with E-state index in [2.05, 4.69) is 33.9 Å². The lowest BCUT2D eigenvalue weighted by Gasteiger charge is -2.15. The third-order valence-corrected chi connectivity index (χ3v) is 6.30. The zero-order valence-corrected chi connectivity index (χ0v) is 21.4. The van der Waals surface area contributed by atoms with E-state index in [1.807, 2.05) is 24.3 Å². The molecule has 0 heterocycles. The lowest BCUT2D eigenvalue weighted by Crippen LogP contribution is -2.13. The number of halogens is 3. The Balaban J connectivity index is 1.89. The van der Waals surface area contributed by atoms with Crippen molar-refractivity contribution in [1.29, 1.82) is 10.5 Å². The number of benzene rings is 3. The van der Waals surface area contributed by atoms with E-state index in [1.54, 1.807) is 42.5 Å². The molecule has 3 rings (SSSR count). The van der Waals surface area contributed by atoms with Crippen molar-refractivity contribution in [3.63, 3.8) is 0 Å². The summed E-state index contributed by atoms with van der Waals surface area (Å²) in [5.41, 5.74) is 2.90. The maximum absolute atomic E-state index is 12.7. The molecule has 0 saturated heterocycles. The molecule has 0 aliphatic carbocycles. The number of carbonyl (C=O) groups excluding carboxylic acids is 1. The number of allylic oxidation sites excluding steroid dienone is 1. The van der Waals surface area contributed by atoms with Crippen molar-refractivity contribution in [2.24, 2.45) is 0 Å². The molecule has 0 unspecified atom stereocenters. The highest BCUT2D eigenvalue weighted by Gasteiger charge is 2.15. The minimum atomic E-state index is -0.619. The van der Waals surface area contributed by atoms with Crippen molar-refractivity contribution < 1.29 is 9.53 Å². The molecule has 0 atom stereocenters. The Kier molecular flexibility index (Phi) is 9.11. The summed E-state index contributed by atoms with van der Waals surface area (Å²) in [6.45, 7) is 4.00. The van der Waals surface area contributed by atoms with Gasteiger partial charge in [-0.15, -0.1) is 6.58 Å². The molecule has 5 nitrogen and oxygen atoms in total. The Morgan fingerprint density at radius 1 is 1.11 bits per heavy atom. The van der Waals surface area contributed by atoms with Gasteiger partial charge in [0.25, 0.3) is 5.91 Å². The van der Waals surface area contributed by atoms with Gasteiger partial charge in [-0.05, 0) is 69.9 Å². The first-order valence-corrected chi connectivity index (χ1v) is 11.8. The highest BCUT2D eigenvalue weighted by molar-refractivity contribution is 9.10. The standard InChI is InChI=1S/C27H18BrCl2N3O2/c1-2-6-18-11-17(12-21(15-32)27(34)33-24-10-5-9-23(29)25(24)30)13-22(28)26(18)35-16-20-8-4-3-7-19(20)14-31/h2-5,7-13H,1,6,16H2,(H,33,34)/b21-12-. The number of hydrogen-bond acceptors (Lipinski definition) is 4. The molecular formula is C27H18BrCl2N3O2. The van der Waals surface area contributed by atoms with Crippen LogP contribution in [0.3, 0.4) is 0 Å². The Morgan fingerprint density at radius 2 is 1.89 bits per heavy atom. The largest absolute Gasteiger partial charge is 0.487 e. The molecular weight excluding hydrogens is 549 g/mol. The van der Waals surface area contributed by atoms with E-state index >= 15 is 0 Å². The lowest BCUT2D eigenvalue weighted by atomic mass is 10.0. The maximum Gasteiger partial charge on any atom is 0.266 e. The second-order valence-electron chi connectivity index (χ2n) is 7.27. The van der Waals surface area contributed by atoms with Gasteiger partial charge in [0.2, 0.25) is 0 Å². The van der Waals surface area contributed by atoms with Crippen molar-refractivity contribution in [3.8, 4) is 17.9 Å². The Morgan fingerprint density at radius 3 is 2.60 bits per heavy atom. The SMILES string of the molecule is C=CCc1cc(/C=C(/C#N)C(=O)Nc2cccc(Cl)c2Cl)cc(Br)c1OCc1ccccc1C#N. The van der Waals surface area contributed by atoms with Gasteiger partial charge >= 0.3 is 0 Å². The molecule has 1 amide bonds. The van der Waals surface area contributed by atoms with Crippen LogP contribution in [0.25, 0.3) is 6.08 Å². The van der Waals surface area contributed by atoms with E-state index in [4.69, 9.17) is 27.9 Å². The predicted molar refractivity (Wildman–Crippen MR) is 142 cm³/mol. The first kappa shape index (κ1) is 26.1. The van der Waals surface area contributed by atoms with Crippen LogP contribution >= 0.6 is 39.1 Å². The van der Waals surface area contributed by atoms with E-state index < -0.39 is 5.91 Å². The molecule has 3 aromatic carbocycles. The van der Waals surface area contributed by atoms with Gasteiger partial charge in [0.1, 0.15) is 24.0 Å². The lowest BCUT2D eigenvalue weighted by molar-refractivity contribution is -0.112. The van der Waals surface area contributed by atoms with Crippen molar-refractivity contribution >= 4 is 56.8 Å². The minimum Gasteiger partial charge on any atom is -0.487 e. The molecule has 0 fully saturated rings. The van der Waals surface area contributed by atoms with Crippen LogP contribution in [0, 0.1) is 22.7 Å². The molecule has 0 saturated carbocycles. The minimum absolute atomic E-state index is 0.117. The summed E-state index contributed by atoms with van der Waals surface area (Å²) in [7, 11) is 0. The average Bonchev–Trinajstić information content (AvgIpc) is 2.85. The number of ether oxygens (including phenoxy) is 1. The van der Waals surface area contributed by atoms with E-state index in [9.17, 15) is 15.3 Å². The van der Waals surface area contributed by atoms with E-state index in [0.29, 0.717) is 33.5 Å². The first-order chi connectivity index (χ1) is 16.9. The molecule has 174 valence electrons. The van der Waals surface area contributed by atoms with Gasteiger partial charge in [-0.3, -0.25) is 4.79 Å². The fourth-order valence-electron chi connectivity index (χ4n) is 3.24. The van der Waals surface area contributed by atoms with Gasteiger partial charge in [0.15, 0.2) is 0 Å². The van der Waals surface area contributed by atoms with Crippen LogP contribution in [0.4, 0.5) is 5.69 Å². The zero-order chi connectivity index (χ0) is 25.4. The smallest absolute Gasteiger partial charge is 0.266 e. The highest BCUT2D eigenvalue weighted by atomic mass is 79.9. The van der Waals surface area contributed by atoms with E-state index in [-0.39, 0.29) is 22.2 Å². The number of hydrogen-bond donors (Lipinski definition) is 1. The summed E-state index contributed by atoms with van der Waals surface area (Å²) in [6, 6.07) is 19.7. The predicted octanol–water partition coefficient (Wildman–Crippen LogP) is 7.48. The van der Waals surface area contributed by atoms with Crippen LogP contribution in [0.2, 0.25) is 10.0 Å². The second kappa shape index (κ2) is 12.2. The monoisotopic (exact) mass is 565 g/mol. The van der Waals surface area contributed by atoms with Gasteiger partial charge in [0, 0.05) is 5.56 Å². The molecule has 0 aromatic heterocycles. The molecule has 0 aliphatic heterocycles. The molecule has 35 heavy (non-hydrogen) atoms. The van der Waals surface area contributed by atoms with Gasteiger partial charge in [-0.2, -0.15) is 10.5 Å². The quantitative estimate of drug-likeness (QED) is 0.174. The van der Waals surface area contributed by atoms with Crippen LogP contribution in [0.5, 0.6) is 5.75 Å². The van der Waals surface area contributed by atoms with E-state index in [1.165, 1.54) is 6.08 Å². The van der Waals surface area contributed by atoms with Crippen molar-refractivity contribution in [2.45, 2.75) is 13.0 Å². The van der Waals surface area contributed by atoms with Crippen molar-refractivity contribution in [1.82, 2.24) is 0 Å². The molecule has 0 radical (unpaired) electrons. The zero-order valence-electron chi connectivity index (χ0n) is 18.3. The molecule has 3 aromatic rings. The Hall–Kier alpha value is -3.55. The summed E-state index contributed by atoms with van der Waals surface area (Å²) in [4.78, 5) is 12.7. The van der Waals surface area contributed by atoms with Crippen molar-refractivity contribution in [3.05, 3.63) is 110 Å². The summed E-state index contributed by atoms with van der Waals surface area (Å²) < 4.78 is 6.68. The average molecular weight is 567 g/mol. The molecule has 0 bridgehead atoms. The van der Waals surface area contributed by atoms with Crippen LogP contribution in [-0.4, -0.2) is 5.91 Å². The third kappa shape index (κ3) is 6.53. The number of nitrogens with zero attached hydrogens (tertiary/aromatic N) is 2. The topological polar surface area (TPSA) is 85.9 Å². The summed E-state index contributed by atoms with van der Waals surface area (Å²) in [5, 5.41) is 22.0. The fraction of sp³-hybridized carbons (Fsp3) is 0.0741. The second-order valence-corrected chi connectivity index (χ2v) is 8.91. The normalized spacial score (nSPS) is 10.7. The molecule has 0 spiro atoms. The van der Waals surface area contributed by atoms with Crippen LogP contribution in [0.15, 0.2) is 77.3 Å². The number of carbonyl (C=O) groups is 1. The highest BCUT2D eigenvalue weighted by Crippen LogP contribution is 2.34. The fourth-order valence-corrected chi connectivity index (χ4v) is 4.22. The number of amides is 1. The third-order valence-electron chi connectivity index (χ3n) is 4.89. The first-order valence-electron chi connectivity index (χ1n) is 10.3. The maximum atomic E-state index is 12.7. The number of rotatable bonds is 8. The van der Waals surface area contributed by atoms with Gasteiger partial charge in [-0.1, -0.05) is 53.5 Å². The summed E-state index contributed by atoms with van der Waals surface area (Å²) >= 11 is 15.7. The van der Waals surface area contributed by atoms with Crippen LogP contribution in [-0.2, 0) is 17.8 Å². The Labute approximate surface area is 222 Å². The van der Waals surface area contributed by atoms with E-state index in [0.717, 1.165) is 11.1 Å². The van der Waals surface area contributed by atoms with Gasteiger partial charge < -0.3 is 10.1 Å². The number of anilines is 1. The molecule has 0 aliphatic rings. The van der Waals surface area contributed by atoms with Gasteiger partial charge in [-0.25, -0.2) is 0 Å². The summed E-state index contributed by atoms with van der Waals surface area (Å²) in [6.07, 6.45) is 3.69. The molecule has 1 N–H and O–H groups in total.